The van der Waals surface area contributed by atoms with E-state index in [1.807, 2.05) is 0 Å². The Labute approximate surface area is 448 Å². The monoisotopic (exact) mass is 1080 g/mol. The van der Waals surface area contributed by atoms with Crippen molar-refractivity contribution in [3.05, 3.63) is 86.7 Å². The van der Waals surface area contributed by atoms with Crippen LogP contribution in [0, 0.1) is 36.4 Å². The summed E-state index contributed by atoms with van der Waals surface area (Å²) >= 11 is 0. The normalized spacial score (nSPS) is 28.6. The molecule has 5 bridgehead atoms. The zero-order valence-electron chi connectivity index (χ0n) is 44.9. The van der Waals surface area contributed by atoms with Gasteiger partial charge in [0.15, 0.2) is 17.3 Å². The number of aromatic hydroxyl groups is 3. The van der Waals surface area contributed by atoms with E-state index in [-0.39, 0.29) is 74.9 Å². The maximum atomic E-state index is 16.2. The number of aliphatic hydroxyl groups is 2. The van der Waals surface area contributed by atoms with Gasteiger partial charge in [-0.05, 0) is 45.3 Å². The van der Waals surface area contributed by atoms with Crippen molar-refractivity contribution < 1.29 is 77.9 Å². The molecular formula is C56H66FN5O16. The Morgan fingerprint density at radius 2 is 1.67 bits per heavy atom. The molecule has 22 heteroatoms. The second kappa shape index (κ2) is 22.0. The highest BCUT2D eigenvalue weighted by Gasteiger charge is 2.50. The van der Waals surface area contributed by atoms with Gasteiger partial charge in [0.2, 0.25) is 5.43 Å². The second-order valence-electron chi connectivity index (χ2n) is 20.9. The van der Waals surface area contributed by atoms with Crippen LogP contribution in [-0.2, 0) is 23.8 Å². The highest BCUT2D eigenvalue weighted by molar-refractivity contribution is 6.24. The fraction of sp³-hybridized carbons (Fsp3) is 0.464. The quantitative estimate of drug-likeness (QED) is 0.0294. The van der Waals surface area contributed by atoms with Gasteiger partial charge in [-0.15, -0.1) is 0 Å². The lowest BCUT2D eigenvalue weighted by molar-refractivity contribution is -0.160. The van der Waals surface area contributed by atoms with Crippen LogP contribution in [0.1, 0.15) is 106 Å². The molecule has 4 aromatic rings. The van der Waals surface area contributed by atoms with Gasteiger partial charge in [-0.25, -0.2) is 9.18 Å². The number of amides is 1. The highest BCUT2D eigenvalue weighted by atomic mass is 19.1. The van der Waals surface area contributed by atoms with Gasteiger partial charge in [0.1, 0.15) is 34.6 Å². The predicted molar refractivity (Wildman–Crippen MR) is 285 cm³/mol. The summed E-state index contributed by atoms with van der Waals surface area (Å²) in [7, 11) is 2.74. The van der Waals surface area contributed by atoms with Crippen LogP contribution in [-0.4, -0.2) is 129 Å². The number of methoxy groups -OCH3 is 2. The molecule has 1 aromatic heterocycles. The molecule has 5 aliphatic rings. The second-order valence-corrected chi connectivity index (χ2v) is 20.9. The molecule has 9 rings (SSSR count). The number of nitrogens with one attached hydrogen (secondary N) is 2. The number of benzene rings is 3. The number of aliphatic hydroxyl groups excluding tert-OH is 2. The third-order valence-corrected chi connectivity index (χ3v) is 15.6. The molecule has 10 atom stereocenters. The average molecular weight is 1080 g/mol. The predicted octanol–water partition coefficient (Wildman–Crippen LogP) is 6.45. The van der Waals surface area contributed by atoms with Gasteiger partial charge in [-0.3, -0.25) is 19.2 Å². The number of anilines is 2. The standard InChI is InChI=1S/C56H66FN5O16/c1-24-12-11-13-25(2)54(71)59-41-34(21-58-60-31-16-18-61(22-31)43-36(57)20-33-42(52(43)75-10)62(32-14-15-32)23-35(47(33)67)55(72)73)48(68)38-39(49(41)69)46(66)29(6)51-40(38)53(70)56(8,78-51)76-19-17-37(74-9)26(3)50(77-30(7)63)28(5)45(65)27(4)44(24)64/h11-13,17,19-21,23-24,26-28,31-32,37,44-45,50,60,64-66,68-69H,14-16,18,22H2,1-10H3,(H,59,71)(H,72,73)/b12-11+,19-17+,25-13-,58-21+/t24-,26-,27-,28-,31?,37+,44+,45+,50-,56+/m1/s1. The minimum atomic E-state index is -2.15. The first kappa shape index (κ1) is 56.5. The summed E-state index contributed by atoms with van der Waals surface area (Å²) in [4.78, 5) is 68.2. The number of fused-ring (bicyclic) bond motifs is 15. The van der Waals surface area contributed by atoms with Crippen molar-refractivity contribution in [2.75, 3.05) is 37.5 Å². The van der Waals surface area contributed by atoms with E-state index in [9.17, 15) is 54.6 Å². The number of phenolic OH excluding ortho intramolecular Hbond substituents is 3. The molecule has 3 aromatic carbocycles. The van der Waals surface area contributed by atoms with Crippen molar-refractivity contribution in [1.82, 2.24) is 9.99 Å². The van der Waals surface area contributed by atoms with Crippen LogP contribution >= 0.6 is 0 Å². The summed E-state index contributed by atoms with van der Waals surface area (Å²) in [5.74, 6) is -11.6. The van der Waals surface area contributed by atoms with Gasteiger partial charge >= 0.3 is 17.7 Å². The minimum Gasteiger partial charge on any atom is -0.507 e. The third-order valence-electron chi connectivity index (χ3n) is 15.6. The number of rotatable bonds is 9. The Hall–Kier alpha value is -7.69. The summed E-state index contributed by atoms with van der Waals surface area (Å²) in [6.07, 6.45) is 7.24. The number of esters is 1. The van der Waals surface area contributed by atoms with E-state index in [0.29, 0.717) is 6.42 Å². The SMILES string of the molecule is COc1c(N2CCC(N/N=C/c3c4c(O)c5c(O)c(C)c6c(c5c3O)C(=O)[C@@](C)(O/C=C/[C@H](OC)[C@@H](C)[C@@H](OC(C)=O)[C@H](C)[C@@H](O)[C@H](C)[C@@H](O)[C@H](C)/C=C/C=C(/C)C(=O)N4)O6)C2)c(F)cc2c(=O)c(C(=O)O)cn(C3CC3)c12. The molecule has 4 aliphatic heterocycles. The van der Waals surface area contributed by atoms with Gasteiger partial charge in [-0.2, -0.15) is 5.10 Å². The lowest BCUT2D eigenvalue weighted by Gasteiger charge is -2.38. The molecule has 21 nitrogen and oxygen atoms in total. The van der Waals surface area contributed by atoms with Crippen molar-refractivity contribution in [3.63, 3.8) is 0 Å². The summed E-state index contributed by atoms with van der Waals surface area (Å²) < 4.78 is 47.4. The van der Waals surface area contributed by atoms with Crippen molar-refractivity contribution >= 4 is 62.9 Å². The van der Waals surface area contributed by atoms with Crippen molar-refractivity contribution in [2.45, 2.75) is 117 Å². The van der Waals surface area contributed by atoms with E-state index in [4.69, 9.17) is 23.7 Å². The molecule has 1 amide bonds. The van der Waals surface area contributed by atoms with Crippen LogP contribution in [0.4, 0.5) is 15.8 Å². The molecule has 1 saturated heterocycles. The van der Waals surface area contributed by atoms with Crippen molar-refractivity contribution in [3.8, 4) is 28.7 Å². The number of carboxylic acid groups (broad SMARTS) is 1. The number of hydrogen-bond donors (Lipinski definition) is 8. The Morgan fingerprint density at radius 1 is 0.962 bits per heavy atom. The van der Waals surface area contributed by atoms with E-state index in [2.05, 4.69) is 15.8 Å². The Bertz CT molecular complexity index is 3290. The van der Waals surface area contributed by atoms with E-state index in [1.165, 1.54) is 66.3 Å². The highest BCUT2D eigenvalue weighted by Crippen LogP contribution is 2.55. The van der Waals surface area contributed by atoms with Gasteiger partial charge in [0, 0.05) is 86.5 Å². The van der Waals surface area contributed by atoms with Crippen LogP contribution in [0.2, 0.25) is 0 Å². The number of hydrazone groups is 1. The number of aromatic nitrogens is 1. The zero-order chi connectivity index (χ0) is 57.0. The summed E-state index contributed by atoms with van der Waals surface area (Å²) in [6.45, 7) is 12.6. The summed E-state index contributed by atoms with van der Waals surface area (Å²) in [6, 6.07) is 0.393. The van der Waals surface area contributed by atoms with E-state index < -0.39 is 129 Å². The van der Waals surface area contributed by atoms with Gasteiger partial charge < -0.3 is 74.5 Å². The number of ether oxygens (including phenoxy) is 5. The molecule has 2 fully saturated rings. The number of halogens is 1. The molecule has 1 saturated carbocycles. The maximum absolute atomic E-state index is 16.2. The number of ketones is 1. The van der Waals surface area contributed by atoms with E-state index >= 15 is 4.39 Å². The first-order chi connectivity index (χ1) is 36.9. The Kier molecular flexibility index (Phi) is 15.9. The lowest BCUT2D eigenvalue weighted by Crippen LogP contribution is -2.46. The van der Waals surface area contributed by atoms with Gasteiger partial charge in [0.25, 0.3) is 11.7 Å². The van der Waals surface area contributed by atoms with Crippen molar-refractivity contribution in [2.24, 2.45) is 28.8 Å². The van der Waals surface area contributed by atoms with Crippen molar-refractivity contribution in [1.29, 1.82) is 0 Å². The van der Waals surface area contributed by atoms with Gasteiger partial charge in [-0.1, -0.05) is 45.9 Å². The fourth-order valence-corrected chi connectivity index (χ4v) is 10.9. The number of carbonyl (C=O) groups excluding carboxylic acids is 3. The van der Waals surface area contributed by atoms with Crippen LogP contribution in [0.15, 0.2) is 58.3 Å². The molecule has 1 aliphatic carbocycles. The molecule has 1 unspecified atom stereocenters. The average Bonchev–Trinajstić information content (AvgIpc) is 4.27. The molecule has 0 radical (unpaired) electrons. The Balaban J connectivity index is 1.19. The summed E-state index contributed by atoms with van der Waals surface area (Å²) in [5, 5.41) is 75.3. The number of hydrogen-bond acceptors (Lipinski definition) is 18. The molecule has 78 heavy (non-hydrogen) atoms. The molecular weight excluding hydrogens is 1020 g/mol. The molecule has 5 heterocycles. The smallest absolute Gasteiger partial charge is 0.341 e. The molecule has 0 spiro atoms. The third kappa shape index (κ3) is 10.2. The van der Waals surface area contributed by atoms with Crippen LogP contribution in [0.5, 0.6) is 28.7 Å². The molecule has 8 N–H and O–H groups in total. The number of aromatic carboxylic acids is 1. The summed E-state index contributed by atoms with van der Waals surface area (Å²) in [5.41, 5.74) is 0.983. The minimum absolute atomic E-state index is 0.0271. The van der Waals surface area contributed by atoms with E-state index in [1.54, 1.807) is 43.2 Å². The first-order valence-corrected chi connectivity index (χ1v) is 25.7. The number of nitrogens with zero attached hydrogens (tertiary/aromatic N) is 3. The zero-order valence-corrected chi connectivity index (χ0v) is 44.9. The number of allylic oxidation sites excluding steroid dienone is 2. The number of Topliss-reactive ketones (excluding diaryl/α,β-unsaturated/α-hetero) is 1. The number of phenols is 3. The first-order valence-electron chi connectivity index (χ1n) is 25.7. The number of carboxylic acids is 1. The number of carbonyl (C=O) groups is 4. The fourth-order valence-electron chi connectivity index (χ4n) is 10.9. The topological polar surface area (TPSA) is 297 Å². The van der Waals surface area contributed by atoms with Gasteiger partial charge in [0.05, 0.1) is 77.0 Å². The largest absolute Gasteiger partial charge is 0.507 e. The van der Waals surface area contributed by atoms with Crippen LogP contribution in [0.25, 0.3) is 21.7 Å². The Morgan fingerprint density at radius 3 is 2.31 bits per heavy atom. The number of pyridine rings is 1. The molecule has 418 valence electrons. The van der Waals surface area contributed by atoms with Crippen LogP contribution in [0.3, 0.4) is 0 Å². The van der Waals surface area contributed by atoms with Crippen LogP contribution < -0.4 is 30.5 Å². The maximum Gasteiger partial charge on any atom is 0.341 e. The lowest BCUT2D eigenvalue weighted by atomic mass is 9.78. The van der Waals surface area contributed by atoms with E-state index in [0.717, 1.165) is 31.4 Å².